The molecule has 0 spiro atoms. The monoisotopic (exact) mass is 527 g/mol. The molecule has 39 heavy (non-hydrogen) atoms. The van der Waals surface area contributed by atoms with Crippen molar-refractivity contribution in [1.82, 2.24) is 4.90 Å². The number of carbonyl (C=O) groups excluding carboxylic acids is 2. The Morgan fingerprint density at radius 3 is 2.23 bits per heavy atom. The second kappa shape index (κ2) is 11.6. The number of amides is 2. The molecule has 6 heteroatoms. The first-order chi connectivity index (χ1) is 18.8. The molecule has 1 aliphatic carbocycles. The lowest BCUT2D eigenvalue weighted by atomic mass is 9.83. The average Bonchev–Trinajstić information content (AvgIpc) is 3.44. The van der Waals surface area contributed by atoms with Crippen LogP contribution in [0.15, 0.2) is 60.7 Å². The van der Waals surface area contributed by atoms with Crippen molar-refractivity contribution in [3.63, 3.8) is 0 Å². The molecule has 2 fully saturated rings. The summed E-state index contributed by atoms with van der Waals surface area (Å²) in [6, 6.07) is 18.7. The van der Waals surface area contributed by atoms with Crippen LogP contribution in [0.4, 0.5) is 15.8 Å². The minimum Gasteiger partial charge on any atom is -0.382 e. The Hall–Kier alpha value is -3.67. The SMILES string of the molecule is Cc1ccc(NC(=O)[C@H]2CCCN(C(=O)c3c(C)cccc3F)[C@H]2c2ccc(NC3CCCC3)cc2)cc1C. The standard InChI is InChI=1S/C33H38FN3O2/c1-21-13-16-27(20-23(21)3)36-32(38)28-11-7-19-37(33(39)30-22(2)8-6-12-29(30)34)31(28)24-14-17-26(18-15-24)35-25-9-4-5-10-25/h6,8,12-18,20,25,28,31,35H,4-5,7,9-11,19H2,1-3H3,(H,36,38)/t28-,31-/m0/s1. The number of halogens is 1. The van der Waals surface area contributed by atoms with E-state index in [0.29, 0.717) is 31.0 Å². The summed E-state index contributed by atoms with van der Waals surface area (Å²) in [5.41, 5.74) is 5.60. The van der Waals surface area contributed by atoms with Gasteiger partial charge in [0.1, 0.15) is 5.82 Å². The smallest absolute Gasteiger partial charge is 0.257 e. The number of hydrogen-bond donors (Lipinski definition) is 2. The highest BCUT2D eigenvalue weighted by atomic mass is 19.1. The number of aryl methyl sites for hydroxylation is 3. The molecule has 5 nitrogen and oxygen atoms in total. The number of anilines is 2. The second-order valence-corrected chi connectivity index (χ2v) is 11.2. The zero-order chi connectivity index (χ0) is 27.5. The van der Waals surface area contributed by atoms with Gasteiger partial charge >= 0.3 is 0 Å². The Kier molecular flexibility index (Phi) is 8.01. The van der Waals surface area contributed by atoms with Gasteiger partial charge in [-0.1, -0.05) is 43.2 Å². The number of carbonyl (C=O) groups is 2. The maximum absolute atomic E-state index is 14.9. The van der Waals surface area contributed by atoms with E-state index in [-0.39, 0.29) is 17.4 Å². The number of hydrogen-bond acceptors (Lipinski definition) is 3. The number of benzene rings is 3. The summed E-state index contributed by atoms with van der Waals surface area (Å²) in [5.74, 6) is -1.49. The van der Waals surface area contributed by atoms with E-state index in [1.54, 1.807) is 24.0 Å². The lowest BCUT2D eigenvalue weighted by molar-refractivity contribution is -0.123. The predicted octanol–water partition coefficient (Wildman–Crippen LogP) is 7.34. The highest BCUT2D eigenvalue weighted by Crippen LogP contribution is 2.39. The Labute approximate surface area is 230 Å². The van der Waals surface area contributed by atoms with Gasteiger partial charge in [0.25, 0.3) is 5.91 Å². The summed E-state index contributed by atoms with van der Waals surface area (Å²) in [7, 11) is 0. The first-order valence-corrected chi connectivity index (χ1v) is 14.1. The van der Waals surface area contributed by atoms with Gasteiger partial charge in [0.05, 0.1) is 17.5 Å². The summed E-state index contributed by atoms with van der Waals surface area (Å²) in [6.45, 7) is 6.28. The van der Waals surface area contributed by atoms with E-state index in [1.807, 2.05) is 56.3 Å². The summed E-state index contributed by atoms with van der Waals surface area (Å²) in [6.07, 6.45) is 6.17. The van der Waals surface area contributed by atoms with Crippen molar-refractivity contribution in [2.45, 2.75) is 71.4 Å². The van der Waals surface area contributed by atoms with E-state index >= 15 is 0 Å². The van der Waals surface area contributed by atoms with Gasteiger partial charge in [0, 0.05) is 24.0 Å². The molecule has 1 aliphatic heterocycles. The fourth-order valence-corrected chi connectivity index (χ4v) is 6.09. The van der Waals surface area contributed by atoms with Crippen LogP contribution in [-0.4, -0.2) is 29.3 Å². The van der Waals surface area contributed by atoms with Gasteiger partial charge in [-0.25, -0.2) is 4.39 Å². The Morgan fingerprint density at radius 2 is 1.54 bits per heavy atom. The van der Waals surface area contributed by atoms with Crippen LogP contribution in [0.2, 0.25) is 0 Å². The molecular formula is C33H38FN3O2. The number of likely N-dealkylation sites (tertiary alicyclic amines) is 1. The maximum Gasteiger partial charge on any atom is 0.257 e. The first kappa shape index (κ1) is 26.9. The molecule has 2 atom stereocenters. The van der Waals surface area contributed by atoms with Crippen molar-refractivity contribution in [2.24, 2.45) is 5.92 Å². The van der Waals surface area contributed by atoms with Gasteiger partial charge in [-0.2, -0.15) is 0 Å². The van der Waals surface area contributed by atoms with E-state index in [9.17, 15) is 14.0 Å². The maximum atomic E-state index is 14.9. The molecule has 1 saturated carbocycles. The predicted molar refractivity (Wildman–Crippen MR) is 155 cm³/mol. The van der Waals surface area contributed by atoms with E-state index < -0.39 is 17.8 Å². The zero-order valence-electron chi connectivity index (χ0n) is 23.1. The van der Waals surface area contributed by atoms with Crippen molar-refractivity contribution in [3.05, 3.63) is 94.3 Å². The van der Waals surface area contributed by atoms with Crippen LogP contribution in [0.5, 0.6) is 0 Å². The Bertz CT molecular complexity index is 1330. The second-order valence-electron chi connectivity index (χ2n) is 11.2. The quantitative estimate of drug-likeness (QED) is 0.353. The Morgan fingerprint density at radius 1 is 0.821 bits per heavy atom. The molecule has 1 saturated heterocycles. The number of rotatable bonds is 6. The molecule has 204 valence electrons. The van der Waals surface area contributed by atoms with Gasteiger partial charge in [-0.15, -0.1) is 0 Å². The van der Waals surface area contributed by atoms with E-state index in [4.69, 9.17) is 0 Å². The molecule has 3 aromatic rings. The first-order valence-electron chi connectivity index (χ1n) is 14.1. The fraction of sp³-hybridized carbons (Fsp3) is 0.394. The third-order valence-electron chi connectivity index (χ3n) is 8.42. The molecule has 5 rings (SSSR count). The minimum atomic E-state index is -0.531. The Balaban J connectivity index is 1.47. The summed E-state index contributed by atoms with van der Waals surface area (Å²) in [5, 5.41) is 6.71. The number of piperidine rings is 1. The van der Waals surface area contributed by atoms with Gasteiger partial charge in [0.15, 0.2) is 0 Å². The molecule has 0 aromatic heterocycles. The van der Waals surface area contributed by atoms with E-state index in [1.165, 1.54) is 31.7 Å². The van der Waals surface area contributed by atoms with Crippen LogP contribution < -0.4 is 10.6 Å². The highest BCUT2D eigenvalue weighted by Gasteiger charge is 2.40. The van der Waals surface area contributed by atoms with E-state index in [0.717, 1.165) is 28.1 Å². The van der Waals surface area contributed by atoms with Crippen molar-refractivity contribution in [1.29, 1.82) is 0 Å². The third-order valence-corrected chi connectivity index (χ3v) is 8.42. The highest BCUT2D eigenvalue weighted by molar-refractivity contribution is 5.98. The molecule has 0 unspecified atom stereocenters. The van der Waals surface area contributed by atoms with Crippen LogP contribution >= 0.6 is 0 Å². The molecule has 1 heterocycles. The van der Waals surface area contributed by atoms with Crippen LogP contribution in [0.25, 0.3) is 0 Å². The van der Waals surface area contributed by atoms with Crippen LogP contribution in [-0.2, 0) is 4.79 Å². The largest absolute Gasteiger partial charge is 0.382 e. The van der Waals surface area contributed by atoms with Crippen molar-refractivity contribution >= 4 is 23.2 Å². The summed E-state index contributed by atoms with van der Waals surface area (Å²) in [4.78, 5) is 29.3. The summed E-state index contributed by atoms with van der Waals surface area (Å²) < 4.78 is 14.9. The van der Waals surface area contributed by atoms with Crippen molar-refractivity contribution in [2.75, 3.05) is 17.2 Å². The van der Waals surface area contributed by atoms with Crippen LogP contribution in [0.1, 0.15) is 77.2 Å². The number of nitrogens with zero attached hydrogens (tertiary/aromatic N) is 1. The number of nitrogens with one attached hydrogen (secondary N) is 2. The third kappa shape index (κ3) is 5.85. The summed E-state index contributed by atoms with van der Waals surface area (Å²) >= 11 is 0. The van der Waals surface area contributed by atoms with Gasteiger partial charge in [-0.3, -0.25) is 9.59 Å². The molecule has 3 aromatic carbocycles. The topological polar surface area (TPSA) is 61.4 Å². The van der Waals surface area contributed by atoms with Gasteiger partial charge < -0.3 is 15.5 Å². The lowest BCUT2D eigenvalue weighted by Crippen LogP contribution is -2.46. The van der Waals surface area contributed by atoms with Crippen LogP contribution in [0.3, 0.4) is 0 Å². The molecule has 0 radical (unpaired) electrons. The van der Waals surface area contributed by atoms with Gasteiger partial charge in [-0.05, 0) is 99.0 Å². The van der Waals surface area contributed by atoms with Crippen molar-refractivity contribution < 1.29 is 14.0 Å². The van der Waals surface area contributed by atoms with Crippen molar-refractivity contribution in [3.8, 4) is 0 Å². The normalized spacial score (nSPS) is 19.6. The fourth-order valence-electron chi connectivity index (χ4n) is 6.09. The minimum absolute atomic E-state index is 0.0808. The average molecular weight is 528 g/mol. The molecule has 2 aliphatic rings. The molecule has 0 bridgehead atoms. The van der Waals surface area contributed by atoms with Crippen LogP contribution in [0, 0.1) is 32.5 Å². The molecular weight excluding hydrogens is 489 g/mol. The zero-order valence-corrected chi connectivity index (χ0v) is 23.1. The van der Waals surface area contributed by atoms with Gasteiger partial charge in [0.2, 0.25) is 5.91 Å². The lowest BCUT2D eigenvalue weighted by Gasteiger charge is -2.41. The van der Waals surface area contributed by atoms with E-state index in [2.05, 4.69) is 10.6 Å². The molecule has 2 N–H and O–H groups in total. The molecule has 2 amide bonds.